The lowest BCUT2D eigenvalue weighted by Gasteiger charge is -2.04. The van der Waals surface area contributed by atoms with E-state index >= 15 is 0 Å². The summed E-state index contributed by atoms with van der Waals surface area (Å²) in [7, 11) is 0. The van der Waals surface area contributed by atoms with Gasteiger partial charge in [-0.15, -0.1) is 0 Å². The molecule has 0 heterocycles. The highest BCUT2D eigenvalue weighted by atomic mass is 16.3. The molecule has 26 heavy (non-hydrogen) atoms. The lowest BCUT2D eigenvalue weighted by Crippen LogP contribution is -1.99. The molecule has 0 saturated heterocycles. The Hall–Kier alpha value is -2.62. The normalized spacial score (nSPS) is 10.6. The minimum absolute atomic E-state index is 0.0115. The topological polar surface area (TPSA) is 74.6 Å². The van der Waals surface area contributed by atoms with Crippen molar-refractivity contribution in [1.82, 2.24) is 0 Å². The summed E-state index contributed by atoms with van der Waals surface area (Å²) in [5, 5.41) is 18.9. The van der Waals surface area contributed by atoms with E-state index in [0.29, 0.717) is 24.0 Å². The molecule has 0 aliphatic carbocycles. The predicted octanol–water partition coefficient (Wildman–Crippen LogP) is 5.28. The second-order valence-corrected chi connectivity index (χ2v) is 6.53. The number of aromatic hydroxyl groups is 2. The van der Waals surface area contributed by atoms with Gasteiger partial charge in [-0.25, -0.2) is 0 Å². The van der Waals surface area contributed by atoms with Crippen LogP contribution in [0.15, 0.2) is 48.5 Å². The molecule has 2 N–H and O–H groups in total. The van der Waals surface area contributed by atoms with Gasteiger partial charge in [0.05, 0.1) is 5.56 Å². The lowest BCUT2D eigenvalue weighted by molar-refractivity contribution is 0.0968. The molecule has 0 spiro atoms. The Bertz CT molecular complexity index is 719. The standard InChI is InChI=1S/C22H26O4/c23-18-15-13-17(14-16-18)20(24)10-5-3-1-2-4-6-11-21(25)19-9-7-8-12-22(19)26/h7-9,12-16,23,26H,1-6,10-11H2. The fraction of sp³-hybridized carbons (Fsp3) is 0.364. The van der Waals surface area contributed by atoms with Gasteiger partial charge in [-0.05, 0) is 49.2 Å². The molecule has 0 amide bonds. The Labute approximate surface area is 154 Å². The zero-order valence-electron chi connectivity index (χ0n) is 15.0. The van der Waals surface area contributed by atoms with Gasteiger partial charge in [-0.1, -0.05) is 37.8 Å². The second kappa shape index (κ2) is 10.4. The maximum atomic E-state index is 12.0. The molecular formula is C22H26O4. The van der Waals surface area contributed by atoms with E-state index in [1.807, 2.05) is 0 Å². The number of Topliss-reactive ketones (excluding diaryl/α,β-unsaturated/α-hetero) is 2. The van der Waals surface area contributed by atoms with Gasteiger partial charge in [0.25, 0.3) is 0 Å². The van der Waals surface area contributed by atoms with Crippen molar-refractivity contribution in [2.24, 2.45) is 0 Å². The van der Waals surface area contributed by atoms with Gasteiger partial charge in [0, 0.05) is 18.4 Å². The molecule has 0 radical (unpaired) electrons. The summed E-state index contributed by atoms with van der Waals surface area (Å²) in [5.41, 5.74) is 1.05. The summed E-state index contributed by atoms with van der Waals surface area (Å²) in [4.78, 5) is 24.0. The Kier molecular flexibility index (Phi) is 7.87. The third-order valence-corrected chi connectivity index (χ3v) is 4.45. The number of rotatable bonds is 11. The molecule has 0 fully saturated rings. The van der Waals surface area contributed by atoms with Crippen LogP contribution in [0, 0.1) is 0 Å². The van der Waals surface area contributed by atoms with E-state index < -0.39 is 0 Å². The summed E-state index contributed by atoms with van der Waals surface area (Å²) in [6.45, 7) is 0. The fourth-order valence-electron chi connectivity index (χ4n) is 2.91. The van der Waals surface area contributed by atoms with E-state index in [4.69, 9.17) is 0 Å². The summed E-state index contributed by atoms with van der Waals surface area (Å²) in [5.74, 6) is 0.319. The van der Waals surface area contributed by atoms with Gasteiger partial charge in [0.15, 0.2) is 11.6 Å². The zero-order valence-corrected chi connectivity index (χ0v) is 15.0. The molecular weight excluding hydrogens is 328 g/mol. The van der Waals surface area contributed by atoms with Crippen LogP contribution in [-0.2, 0) is 0 Å². The first-order valence-corrected chi connectivity index (χ1v) is 9.21. The molecule has 2 aromatic carbocycles. The number of hydrogen-bond donors (Lipinski definition) is 2. The Morgan fingerprint density at radius 3 is 1.81 bits per heavy atom. The molecule has 0 saturated carbocycles. The lowest BCUT2D eigenvalue weighted by atomic mass is 10.0. The zero-order chi connectivity index (χ0) is 18.8. The van der Waals surface area contributed by atoms with Crippen molar-refractivity contribution in [1.29, 1.82) is 0 Å². The van der Waals surface area contributed by atoms with Crippen LogP contribution in [0.1, 0.15) is 72.1 Å². The van der Waals surface area contributed by atoms with E-state index in [1.165, 1.54) is 18.2 Å². The number of unbranched alkanes of at least 4 members (excludes halogenated alkanes) is 5. The van der Waals surface area contributed by atoms with Crippen molar-refractivity contribution in [3.05, 3.63) is 59.7 Å². The molecule has 0 atom stereocenters. The third-order valence-electron chi connectivity index (χ3n) is 4.45. The smallest absolute Gasteiger partial charge is 0.166 e. The van der Waals surface area contributed by atoms with Crippen LogP contribution in [0.3, 0.4) is 0 Å². The van der Waals surface area contributed by atoms with Crippen LogP contribution >= 0.6 is 0 Å². The van der Waals surface area contributed by atoms with Crippen LogP contribution in [0.4, 0.5) is 0 Å². The molecule has 2 rings (SSSR count). The van der Waals surface area contributed by atoms with Crippen molar-refractivity contribution in [3.8, 4) is 11.5 Å². The van der Waals surface area contributed by atoms with Gasteiger partial charge in [0.2, 0.25) is 0 Å². The number of para-hydroxylation sites is 1. The monoisotopic (exact) mass is 354 g/mol. The molecule has 0 aliphatic rings. The summed E-state index contributed by atoms with van der Waals surface area (Å²) in [6, 6.07) is 13.0. The minimum Gasteiger partial charge on any atom is -0.508 e. The molecule has 0 unspecified atom stereocenters. The van der Waals surface area contributed by atoms with Crippen molar-refractivity contribution >= 4 is 11.6 Å². The first kappa shape index (κ1) is 19.7. The Balaban J connectivity index is 1.53. The maximum Gasteiger partial charge on any atom is 0.166 e. The summed E-state index contributed by atoms with van der Waals surface area (Å²) in [6.07, 6.45) is 6.72. The van der Waals surface area contributed by atoms with Crippen LogP contribution < -0.4 is 0 Å². The van der Waals surface area contributed by atoms with Crippen LogP contribution in [0.25, 0.3) is 0 Å². The molecule has 2 aromatic rings. The first-order valence-electron chi connectivity index (χ1n) is 9.21. The number of phenols is 2. The van der Waals surface area contributed by atoms with Crippen molar-refractivity contribution < 1.29 is 19.8 Å². The highest BCUT2D eigenvalue weighted by Crippen LogP contribution is 2.19. The number of carbonyl (C=O) groups excluding carboxylic acids is 2. The third kappa shape index (κ3) is 6.36. The van der Waals surface area contributed by atoms with E-state index in [-0.39, 0.29) is 23.1 Å². The number of phenolic OH excluding ortho intramolecular Hbond substituents is 2. The molecule has 0 bridgehead atoms. The van der Waals surface area contributed by atoms with E-state index in [1.54, 1.807) is 30.3 Å². The summed E-state index contributed by atoms with van der Waals surface area (Å²) >= 11 is 0. The van der Waals surface area contributed by atoms with Gasteiger partial charge in [0.1, 0.15) is 11.5 Å². The van der Waals surface area contributed by atoms with E-state index in [9.17, 15) is 19.8 Å². The maximum absolute atomic E-state index is 12.0. The highest BCUT2D eigenvalue weighted by molar-refractivity contribution is 5.98. The van der Waals surface area contributed by atoms with E-state index in [2.05, 4.69) is 0 Å². The SMILES string of the molecule is O=C(CCCCCCCCC(=O)c1ccccc1O)c1ccc(O)cc1. The Morgan fingerprint density at radius 1 is 0.654 bits per heavy atom. The number of ketones is 2. The average molecular weight is 354 g/mol. The molecule has 0 aromatic heterocycles. The largest absolute Gasteiger partial charge is 0.508 e. The van der Waals surface area contributed by atoms with Crippen LogP contribution in [0.2, 0.25) is 0 Å². The second-order valence-electron chi connectivity index (χ2n) is 6.53. The van der Waals surface area contributed by atoms with Crippen molar-refractivity contribution in [3.63, 3.8) is 0 Å². The summed E-state index contributed by atoms with van der Waals surface area (Å²) < 4.78 is 0. The van der Waals surface area contributed by atoms with Gasteiger partial charge >= 0.3 is 0 Å². The fourth-order valence-corrected chi connectivity index (χ4v) is 2.91. The Morgan fingerprint density at radius 2 is 1.19 bits per heavy atom. The van der Waals surface area contributed by atoms with Gasteiger partial charge < -0.3 is 10.2 Å². The van der Waals surface area contributed by atoms with Gasteiger partial charge in [-0.3, -0.25) is 9.59 Å². The van der Waals surface area contributed by atoms with E-state index in [0.717, 1.165) is 38.5 Å². The molecule has 4 nitrogen and oxygen atoms in total. The predicted molar refractivity (Wildman–Crippen MR) is 102 cm³/mol. The van der Waals surface area contributed by atoms with Crippen LogP contribution in [0.5, 0.6) is 11.5 Å². The average Bonchev–Trinajstić information content (AvgIpc) is 2.64. The molecule has 0 aliphatic heterocycles. The molecule has 4 heteroatoms. The van der Waals surface area contributed by atoms with Gasteiger partial charge in [-0.2, -0.15) is 0 Å². The number of benzene rings is 2. The number of carbonyl (C=O) groups is 2. The number of hydrogen-bond acceptors (Lipinski definition) is 4. The quantitative estimate of drug-likeness (QED) is 0.425. The van der Waals surface area contributed by atoms with Crippen molar-refractivity contribution in [2.45, 2.75) is 51.4 Å². The van der Waals surface area contributed by atoms with Crippen LogP contribution in [-0.4, -0.2) is 21.8 Å². The first-order chi connectivity index (χ1) is 12.6. The van der Waals surface area contributed by atoms with Crippen molar-refractivity contribution in [2.75, 3.05) is 0 Å². The highest BCUT2D eigenvalue weighted by Gasteiger charge is 2.09. The minimum atomic E-state index is -0.0115. The molecule has 138 valence electrons.